The van der Waals surface area contributed by atoms with Gasteiger partial charge in [-0.25, -0.2) is 14.6 Å². The standard InChI is InChI=1S/C55H46N6O7S3/c1-3-33-68-59-45(44-36-71-53(56-44)58-54(38-19-9-4-10-20-38,39-21-11-5-12-22-39)40-23-13-6-14-24-40)48(62)57-46-49(63)61-47(51(64)65)37(35-70-50(46)61)34-69-43-29-31-60(32-30-43)55(52(66)67-2,41-25-15-7-16-26-41)42-27-17-8-18-28-42/h3-32,36,46,50H,1,33-35H2,2H3,(H2-,56,57,58,62,64,65)/p+1/t46-,50-/m1/s1. The molecule has 0 saturated carbocycles. The van der Waals surface area contributed by atoms with Crippen molar-refractivity contribution in [3.63, 3.8) is 0 Å². The normalized spacial score (nSPS) is 15.8. The Morgan fingerprint density at radius 1 is 0.831 bits per heavy atom. The van der Waals surface area contributed by atoms with Crippen LogP contribution in [-0.4, -0.2) is 81.1 Å². The van der Waals surface area contributed by atoms with Gasteiger partial charge in [0, 0.05) is 45.0 Å². The molecule has 0 spiro atoms. The highest BCUT2D eigenvalue weighted by molar-refractivity contribution is 8.01. The van der Waals surface area contributed by atoms with Gasteiger partial charge in [-0.2, -0.15) is 4.57 Å². The van der Waals surface area contributed by atoms with E-state index in [0.717, 1.165) is 21.6 Å². The number of anilines is 1. The second kappa shape index (κ2) is 21.5. The molecule has 0 unspecified atom stereocenters. The molecule has 9 rings (SSSR count). The van der Waals surface area contributed by atoms with E-state index in [2.05, 4.69) is 58.8 Å². The van der Waals surface area contributed by atoms with Crippen LogP contribution in [0.4, 0.5) is 5.13 Å². The molecule has 1 fully saturated rings. The first-order valence-corrected chi connectivity index (χ1v) is 25.4. The van der Waals surface area contributed by atoms with Crippen LogP contribution in [0.2, 0.25) is 0 Å². The molecular formula is C55H47N6O7S3+. The lowest BCUT2D eigenvalue weighted by molar-refractivity contribution is -0.731. The minimum atomic E-state index is -1.33. The summed E-state index contributed by atoms with van der Waals surface area (Å²) in [5, 5.41) is 22.7. The fourth-order valence-corrected chi connectivity index (χ4v) is 12.1. The fourth-order valence-electron chi connectivity index (χ4n) is 8.96. The largest absolute Gasteiger partial charge is 0.477 e. The van der Waals surface area contributed by atoms with E-state index < -0.39 is 46.2 Å². The summed E-state index contributed by atoms with van der Waals surface area (Å²) in [7, 11) is 1.37. The van der Waals surface area contributed by atoms with Gasteiger partial charge in [0.05, 0.1) is 7.11 Å². The number of thiazole rings is 1. The van der Waals surface area contributed by atoms with Crippen molar-refractivity contribution in [2.24, 2.45) is 5.16 Å². The van der Waals surface area contributed by atoms with Crippen LogP contribution in [0.5, 0.6) is 0 Å². The van der Waals surface area contributed by atoms with E-state index in [1.54, 1.807) is 17.8 Å². The van der Waals surface area contributed by atoms with Gasteiger partial charge in [0.25, 0.3) is 11.8 Å². The van der Waals surface area contributed by atoms with Crippen molar-refractivity contribution in [1.82, 2.24) is 15.2 Å². The number of fused-ring (bicyclic) bond motifs is 1. The van der Waals surface area contributed by atoms with Gasteiger partial charge in [0.2, 0.25) is 0 Å². The zero-order chi connectivity index (χ0) is 49.4. The molecule has 1 saturated heterocycles. The summed E-state index contributed by atoms with van der Waals surface area (Å²) >= 11 is 4.05. The Balaban J connectivity index is 0.933. The molecule has 3 N–H and O–H groups in total. The molecular weight excluding hydrogens is 953 g/mol. The van der Waals surface area contributed by atoms with Crippen molar-refractivity contribution >= 4 is 69.5 Å². The number of carbonyl (C=O) groups is 4. The van der Waals surface area contributed by atoms with E-state index in [1.165, 1.54) is 52.9 Å². The number of hydrogen-bond donors (Lipinski definition) is 3. The molecule has 2 aliphatic rings. The second-order valence-corrected chi connectivity index (χ2v) is 19.3. The number of hydrogen-bond acceptors (Lipinski definition) is 12. The van der Waals surface area contributed by atoms with Gasteiger partial charge in [-0.1, -0.05) is 169 Å². The van der Waals surface area contributed by atoms with Gasteiger partial charge >= 0.3 is 17.5 Å². The summed E-state index contributed by atoms with van der Waals surface area (Å²) in [5.74, 6) is -2.44. The third-order valence-electron chi connectivity index (χ3n) is 12.2. The number of pyridine rings is 1. The number of esters is 1. The van der Waals surface area contributed by atoms with E-state index in [1.807, 2.05) is 132 Å². The summed E-state index contributed by atoms with van der Waals surface area (Å²) < 4.78 is 7.24. The zero-order valence-corrected chi connectivity index (χ0v) is 40.7. The Bertz CT molecular complexity index is 2970. The van der Waals surface area contributed by atoms with Crippen LogP contribution in [0.3, 0.4) is 0 Å². The predicted molar refractivity (Wildman–Crippen MR) is 276 cm³/mol. The topological polar surface area (TPSA) is 163 Å². The number of methoxy groups -OCH3 is 1. The molecule has 356 valence electrons. The Kier molecular flexibility index (Phi) is 14.6. The summed E-state index contributed by atoms with van der Waals surface area (Å²) in [4.78, 5) is 67.3. The number of carboxylic acids is 1. The molecule has 4 heterocycles. The van der Waals surface area contributed by atoms with Crippen LogP contribution in [0, 0.1) is 0 Å². The average Bonchev–Trinajstić information content (AvgIpc) is 3.89. The maximum atomic E-state index is 14.2. The smallest absolute Gasteiger partial charge is 0.388 e. The number of rotatable bonds is 19. The van der Waals surface area contributed by atoms with E-state index >= 15 is 0 Å². The number of aliphatic carboxylic acids is 1. The number of benzene rings is 5. The monoisotopic (exact) mass is 999 g/mol. The molecule has 5 aromatic carbocycles. The molecule has 2 aliphatic heterocycles. The van der Waals surface area contributed by atoms with Gasteiger partial charge in [-0.15, -0.1) is 34.9 Å². The Morgan fingerprint density at radius 3 is 1.85 bits per heavy atom. The highest BCUT2D eigenvalue weighted by atomic mass is 32.2. The lowest BCUT2D eigenvalue weighted by Gasteiger charge is -2.49. The molecule has 0 radical (unpaired) electrons. The molecule has 71 heavy (non-hydrogen) atoms. The first-order valence-electron chi connectivity index (χ1n) is 22.5. The molecule has 2 atom stereocenters. The number of ether oxygens (including phenoxy) is 1. The second-order valence-electron chi connectivity index (χ2n) is 16.3. The maximum Gasteiger partial charge on any atom is 0.388 e. The maximum absolute atomic E-state index is 14.2. The van der Waals surface area contributed by atoms with Gasteiger partial charge in [-0.05, 0) is 22.3 Å². The molecule has 0 bridgehead atoms. The molecule has 0 aliphatic carbocycles. The molecule has 2 amide bonds. The highest BCUT2D eigenvalue weighted by Gasteiger charge is 2.55. The lowest BCUT2D eigenvalue weighted by atomic mass is 9.77. The fraction of sp³-hybridized carbons (Fsp3) is 0.145. The number of oxime groups is 1. The van der Waals surface area contributed by atoms with E-state index in [4.69, 9.17) is 14.6 Å². The van der Waals surface area contributed by atoms with E-state index in [0.29, 0.717) is 27.6 Å². The Hall–Kier alpha value is -7.79. The first kappa shape index (κ1) is 48.2. The van der Waals surface area contributed by atoms with Crippen LogP contribution in [0.1, 0.15) is 33.5 Å². The molecule has 2 aromatic heterocycles. The third kappa shape index (κ3) is 9.36. The SMILES string of the molecule is C=CCON=C(C(=O)N[C@@H]1C(=O)N2C(C(=O)O)=C(CSc3cc[n+](C(C(=O)OC)(c4ccccc4)c4ccccc4)cc3)CS[C@H]12)c1csc(NC(c2ccccc2)(c2ccccc2)c2ccccc2)n1. The van der Waals surface area contributed by atoms with Crippen molar-refractivity contribution in [3.8, 4) is 0 Å². The van der Waals surface area contributed by atoms with Crippen molar-refractivity contribution < 1.29 is 38.4 Å². The van der Waals surface area contributed by atoms with Crippen LogP contribution < -0.4 is 15.2 Å². The zero-order valence-electron chi connectivity index (χ0n) is 38.3. The van der Waals surface area contributed by atoms with Crippen LogP contribution in [0.25, 0.3) is 0 Å². The van der Waals surface area contributed by atoms with Crippen LogP contribution in [0.15, 0.2) is 216 Å². The van der Waals surface area contributed by atoms with Gasteiger partial charge in [0.15, 0.2) is 23.2 Å². The number of carboxylic acid groups (broad SMARTS) is 1. The van der Waals surface area contributed by atoms with Gasteiger partial charge in [0.1, 0.15) is 35.0 Å². The number of carbonyl (C=O) groups excluding carboxylic acids is 3. The minimum absolute atomic E-state index is 0.00590. The first-order chi connectivity index (χ1) is 34.7. The molecule has 13 nitrogen and oxygen atoms in total. The molecule has 16 heteroatoms. The number of nitrogens with one attached hydrogen (secondary N) is 2. The molecule has 7 aromatic rings. The summed E-state index contributed by atoms with van der Waals surface area (Å²) in [6.07, 6.45) is 5.10. The Labute approximate surface area is 422 Å². The summed E-state index contributed by atoms with van der Waals surface area (Å²) in [6, 6.07) is 51.6. The van der Waals surface area contributed by atoms with Crippen LogP contribution >= 0.6 is 34.9 Å². The van der Waals surface area contributed by atoms with E-state index in [9.17, 15) is 24.3 Å². The van der Waals surface area contributed by atoms with Crippen molar-refractivity contribution in [1.29, 1.82) is 0 Å². The summed E-state index contributed by atoms with van der Waals surface area (Å²) in [6.45, 7) is 3.70. The number of aromatic nitrogens is 2. The third-order valence-corrected chi connectivity index (χ3v) is 15.4. The lowest BCUT2D eigenvalue weighted by Crippen LogP contribution is -2.71. The van der Waals surface area contributed by atoms with Crippen LogP contribution in [-0.2, 0) is 39.8 Å². The predicted octanol–water partition coefficient (Wildman–Crippen LogP) is 8.24. The summed E-state index contributed by atoms with van der Waals surface area (Å²) in [5.41, 5.74) is 2.57. The highest BCUT2D eigenvalue weighted by Crippen LogP contribution is 2.43. The minimum Gasteiger partial charge on any atom is -0.477 e. The average molecular weight is 1000 g/mol. The van der Waals surface area contributed by atoms with Gasteiger partial charge in [-0.3, -0.25) is 14.5 Å². The number of nitrogens with zero attached hydrogens (tertiary/aromatic N) is 4. The number of β-lactam (4-membered cyclic amide) rings is 1. The van der Waals surface area contributed by atoms with E-state index in [-0.39, 0.29) is 29.5 Å². The van der Waals surface area contributed by atoms with Crippen molar-refractivity contribution in [2.75, 3.05) is 30.5 Å². The van der Waals surface area contributed by atoms with Gasteiger partial charge < -0.3 is 25.3 Å². The Morgan fingerprint density at radius 2 is 1.35 bits per heavy atom. The van der Waals surface area contributed by atoms with Crippen molar-refractivity contribution in [2.45, 2.75) is 27.4 Å². The quantitative estimate of drug-likeness (QED) is 0.00824. The number of amides is 2. The number of thioether (sulfide) groups is 2. The van der Waals surface area contributed by atoms with Crippen molar-refractivity contribution in [3.05, 3.63) is 239 Å².